The highest BCUT2D eigenvalue weighted by Gasteiger charge is 2.06. The van der Waals surface area contributed by atoms with Crippen molar-refractivity contribution in [3.63, 3.8) is 0 Å². The van der Waals surface area contributed by atoms with Gasteiger partial charge in [0.25, 0.3) is 0 Å². The Labute approximate surface area is 108 Å². The molecule has 2 nitrogen and oxygen atoms in total. The molecule has 0 aliphatic rings. The summed E-state index contributed by atoms with van der Waals surface area (Å²) in [5.74, 6) is 0.654. The highest BCUT2D eigenvalue weighted by molar-refractivity contribution is 9.10. The average Bonchev–Trinajstić information content (AvgIpc) is 2.73. The highest BCUT2D eigenvalue weighted by atomic mass is 79.9. The van der Waals surface area contributed by atoms with Gasteiger partial charge >= 0.3 is 0 Å². The number of benzene rings is 1. The molecule has 2 aromatic rings. The summed E-state index contributed by atoms with van der Waals surface area (Å²) in [6, 6.07) is 10.4. The van der Waals surface area contributed by atoms with E-state index in [1.54, 1.807) is 12.1 Å². The third-order valence-corrected chi connectivity index (χ3v) is 3.01. The van der Waals surface area contributed by atoms with Crippen molar-refractivity contribution < 1.29 is 8.81 Å². The summed E-state index contributed by atoms with van der Waals surface area (Å²) >= 11 is 3.26. The molecule has 4 heteroatoms. The molecule has 0 amide bonds. The number of nitrogens with one attached hydrogen (secondary N) is 1. The Morgan fingerprint density at radius 3 is 2.53 bits per heavy atom. The predicted octanol–water partition coefficient (Wildman–Crippen LogP) is 4.03. The van der Waals surface area contributed by atoms with Crippen LogP contribution in [0.2, 0.25) is 0 Å². The van der Waals surface area contributed by atoms with E-state index in [-0.39, 0.29) is 11.9 Å². The maximum atomic E-state index is 12.8. The van der Waals surface area contributed by atoms with Crippen LogP contribution in [0.25, 0.3) is 0 Å². The summed E-state index contributed by atoms with van der Waals surface area (Å²) in [6.45, 7) is 2.68. The molecule has 1 heterocycles. The monoisotopic (exact) mass is 297 g/mol. The second-order valence-corrected chi connectivity index (χ2v) is 4.64. The summed E-state index contributed by atoms with van der Waals surface area (Å²) in [7, 11) is 0. The van der Waals surface area contributed by atoms with E-state index in [0.29, 0.717) is 6.54 Å². The Balaban J connectivity index is 1.93. The van der Waals surface area contributed by atoms with Gasteiger partial charge in [0.15, 0.2) is 4.67 Å². The van der Waals surface area contributed by atoms with Crippen LogP contribution in [0.1, 0.15) is 24.3 Å². The van der Waals surface area contributed by atoms with E-state index in [4.69, 9.17) is 4.42 Å². The summed E-state index contributed by atoms with van der Waals surface area (Å²) in [5.41, 5.74) is 1.05. The molecule has 0 spiro atoms. The lowest BCUT2D eigenvalue weighted by atomic mass is 10.1. The van der Waals surface area contributed by atoms with Gasteiger partial charge in [0.2, 0.25) is 0 Å². The van der Waals surface area contributed by atoms with Gasteiger partial charge < -0.3 is 9.73 Å². The smallest absolute Gasteiger partial charge is 0.169 e. The fourth-order valence-corrected chi connectivity index (χ4v) is 1.91. The van der Waals surface area contributed by atoms with Crippen LogP contribution in [0.3, 0.4) is 0 Å². The van der Waals surface area contributed by atoms with Crippen LogP contribution in [0.5, 0.6) is 0 Å². The molecule has 0 radical (unpaired) electrons. The van der Waals surface area contributed by atoms with E-state index in [1.807, 2.05) is 19.1 Å². The first-order valence-corrected chi connectivity index (χ1v) is 6.17. The number of hydrogen-bond donors (Lipinski definition) is 1. The van der Waals surface area contributed by atoms with Crippen molar-refractivity contribution in [3.8, 4) is 0 Å². The molecule has 90 valence electrons. The molecule has 1 atom stereocenters. The van der Waals surface area contributed by atoms with Crippen molar-refractivity contribution in [1.29, 1.82) is 0 Å². The van der Waals surface area contributed by atoms with Gasteiger partial charge in [-0.25, -0.2) is 4.39 Å². The average molecular weight is 298 g/mol. The molecule has 0 saturated carbocycles. The lowest BCUT2D eigenvalue weighted by Crippen LogP contribution is -2.17. The third-order valence-electron chi connectivity index (χ3n) is 2.58. The molecule has 0 aliphatic carbocycles. The quantitative estimate of drug-likeness (QED) is 0.922. The SMILES string of the molecule is C[C@@H](NCc1ccc(Br)o1)c1ccc(F)cc1. The molecule has 17 heavy (non-hydrogen) atoms. The second-order valence-electron chi connectivity index (χ2n) is 3.86. The Hall–Kier alpha value is -1.13. The number of hydrogen-bond acceptors (Lipinski definition) is 2. The minimum atomic E-state index is -0.212. The van der Waals surface area contributed by atoms with Gasteiger partial charge in [-0.05, 0) is 52.7 Å². The lowest BCUT2D eigenvalue weighted by molar-refractivity contribution is 0.446. The second kappa shape index (κ2) is 5.47. The number of furan rings is 1. The molecule has 1 aromatic heterocycles. The van der Waals surface area contributed by atoms with Crippen LogP contribution in [0.4, 0.5) is 4.39 Å². The Morgan fingerprint density at radius 2 is 1.94 bits per heavy atom. The zero-order chi connectivity index (χ0) is 12.3. The summed E-state index contributed by atoms with van der Waals surface area (Å²) in [6.07, 6.45) is 0. The molecular weight excluding hydrogens is 285 g/mol. The van der Waals surface area contributed by atoms with Gasteiger partial charge in [-0.3, -0.25) is 0 Å². The van der Waals surface area contributed by atoms with Crippen LogP contribution >= 0.6 is 15.9 Å². The van der Waals surface area contributed by atoms with Gasteiger partial charge in [-0.15, -0.1) is 0 Å². The minimum absolute atomic E-state index is 0.152. The van der Waals surface area contributed by atoms with E-state index in [0.717, 1.165) is 16.0 Å². The van der Waals surface area contributed by atoms with Gasteiger partial charge in [-0.2, -0.15) is 0 Å². The highest BCUT2D eigenvalue weighted by Crippen LogP contribution is 2.16. The van der Waals surface area contributed by atoms with Gasteiger partial charge in [0.05, 0.1) is 6.54 Å². The first-order valence-electron chi connectivity index (χ1n) is 5.38. The predicted molar refractivity (Wildman–Crippen MR) is 68.1 cm³/mol. The van der Waals surface area contributed by atoms with Gasteiger partial charge in [0, 0.05) is 6.04 Å². The molecule has 1 aromatic carbocycles. The number of halogens is 2. The third kappa shape index (κ3) is 3.41. The summed E-state index contributed by atoms with van der Waals surface area (Å²) in [4.78, 5) is 0. The Morgan fingerprint density at radius 1 is 1.24 bits per heavy atom. The van der Waals surface area contributed by atoms with Crippen molar-refractivity contribution in [1.82, 2.24) is 5.32 Å². The first-order chi connectivity index (χ1) is 8.15. The zero-order valence-corrected chi connectivity index (χ0v) is 11.0. The van der Waals surface area contributed by atoms with E-state index in [1.165, 1.54) is 12.1 Å². The molecule has 0 unspecified atom stereocenters. The lowest BCUT2D eigenvalue weighted by Gasteiger charge is -2.13. The molecule has 2 rings (SSSR count). The van der Waals surface area contributed by atoms with Crippen LogP contribution in [0.15, 0.2) is 45.5 Å². The molecule has 0 aliphatic heterocycles. The fraction of sp³-hybridized carbons (Fsp3) is 0.231. The summed E-state index contributed by atoms with van der Waals surface area (Å²) < 4.78 is 18.9. The first kappa shape index (κ1) is 12.3. The van der Waals surface area contributed by atoms with Crippen LogP contribution in [0, 0.1) is 5.82 Å². The van der Waals surface area contributed by atoms with Gasteiger partial charge in [-0.1, -0.05) is 12.1 Å². The molecule has 0 fully saturated rings. The Bertz CT molecular complexity index is 480. The van der Waals surface area contributed by atoms with Crippen molar-refractivity contribution in [2.75, 3.05) is 0 Å². The van der Waals surface area contributed by atoms with Crippen molar-refractivity contribution in [2.45, 2.75) is 19.5 Å². The number of rotatable bonds is 4. The van der Waals surface area contributed by atoms with Crippen molar-refractivity contribution >= 4 is 15.9 Å². The van der Waals surface area contributed by atoms with E-state index in [9.17, 15) is 4.39 Å². The van der Waals surface area contributed by atoms with Crippen molar-refractivity contribution in [2.24, 2.45) is 0 Å². The largest absolute Gasteiger partial charge is 0.453 e. The molecule has 0 bridgehead atoms. The summed E-state index contributed by atoms with van der Waals surface area (Å²) in [5, 5.41) is 3.31. The minimum Gasteiger partial charge on any atom is -0.453 e. The molecule has 0 saturated heterocycles. The van der Waals surface area contributed by atoms with E-state index < -0.39 is 0 Å². The maximum Gasteiger partial charge on any atom is 0.169 e. The maximum absolute atomic E-state index is 12.8. The van der Waals surface area contributed by atoms with Crippen LogP contribution in [-0.2, 0) is 6.54 Å². The molecule has 1 N–H and O–H groups in total. The topological polar surface area (TPSA) is 25.2 Å². The standard InChI is InChI=1S/C13H13BrFNO/c1-9(10-2-4-11(15)5-3-10)16-8-12-6-7-13(14)17-12/h2-7,9,16H,8H2,1H3/t9-/m1/s1. The van der Waals surface area contributed by atoms with Crippen LogP contribution < -0.4 is 5.32 Å². The van der Waals surface area contributed by atoms with Gasteiger partial charge in [0.1, 0.15) is 11.6 Å². The fourth-order valence-electron chi connectivity index (χ4n) is 1.57. The van der Waals surface area contributed by atoms with Crippen molar-refractivity contribution in [3.05, 3.63) is 58.2 Å². The van der Waals surface area contributed by atoms with E-state index >= 15 is 0 Å². The van der Waals surface area contributed by atoms with Crippen LogP contribution in [-0.4, -0.2) is 0 Å². The normalized spacial score (nSPS) is 12.6. The van der Waals surface area contributed by atoms with E-state index in [2.05, 4.69) is 21.2 Å². The molecular formula is C13H13BrFNO. The Kier molecular flexibility index (Phi) is 3.97. The zero-order valence-electron chi connectivity index (χ0n) is 9.41.